The van der Waals surface area contributed by atoms with Gasteiger partial charge in [-0.05, 0) is 32.5 Å². The average molecular weight is 163 g/mol. The van der Waals surface area contributed by atoms with Crippen molar-refractivity contribution in [3.8, 4) is 0 Å². The van der Waals surface area contributed by atoms with Crippen molar-refractivity contribution in [1.29, 1.82) is 0 Å². The van der Waals surface area contributed by atoms with Crippen LogP contribution in [-0.2, 0) is 0 Å². The van der Waals surface area contributed by atoms with Crippen LogP contribution >= 0.6 is 0 Å². The van der Waals surface area contributed by atoms with Crippen molar-refractivity contribution < 1.29 is 18.9 Å². The normalized spacial score (nSPS) is 10.0. The molecule has 0 aliphatic heterocycles. The fourth-order valence-electron chi connectivity index (χ4n) is 1.30. The second kappa shape index (κ2) is 11.6. The van der Waals surface area contributed by atoms with E-state index in [1.807, 2.05) is 0 Å². The van der Waals surface area contributed by atoms with Gasteiger partial charge in [-0.15, -0.1) is 0 Å². The van der Waals surface area contributed by atoms with Gasteiger partial charge in [0.15, 0.2) is 0 Å². The molecule has 1 nitrogen and oxygen atoms in total. The molecule has 0 radical (unpaired) electrons. The van der Waals surface area contributed by atoms with Gasteiger partial charge in [-0.3, -0.25) is 0 Å². The first kappa shape index (κ1) is 15.0. The van der Waals surface area contributed by atoms with Crippen LogP contribution in [0.1, 0.15) is 39.5 Å². The summed E-state index contributed by atoms with van der Waals surface area (Å²) in [5.41, 5.74) is 0. The molecule has 0 heterocycles. The van der Waals surface area contributed by atoms with Crippen molar-refractivity contribution in [2.24, 2.45) is 0 Å². The van der Waals surface area contributed by atoms with Gasteiger partial charge in [0.05, 0.1) is 0 Å². The Morgan fingerprint density at radius 2 is 1.50 bits per heavy atom. The molecule has 0 spiro atoms. The van der Waals surface area contributed by atoms with Gasteiger partial charge in [-0.1, -0.05) is 20.3 Å². The van der Waals surface area contributed by atoms with E-state index in [1.165, 1.54) is 38.9 Å². The summed E-state index contributed by atoms with van der Waals surface area (Å²) in [6.45, 7) is 12.1. The number of hydrogen-bond donors (Lipinski definition) is 0. The molecular weight excluding hydrogens is 141 g/mol. The molecule has 12 heavy (non-hydrogen) atoms. The van der Waals surface area contributed by atoms with Crippen LogP contribution in [-0.4, -0.2) is 24.5 Å². The van der Waals surface area contributed by atoms with Crippen molar-refractivity contribution in [2.75, 3.05) is 19.6 Å². The van der Waals surface area contributed by atoms with E-state index in [4.69, 9.17) is 0 Å². The molecule has 0 saturated heterocycles. The van der Waals surface area contributed by atoms with E-state index in [2.05, 4.69) is 25.7 Å². The molecule has 0 bridgehead atoms. The van der Waals surface area contributed by atoms with Crippen molar-refractivity contribution in [1.82, 2.24) is 4.90 Å². The maximum atomic E-state index is 3.85. The predicted molar refractivity (Wildman–Crippen MR) is 51.6 cm³/mol. The Kier molecular flexibility index (Phi) is 14.5. The molecule has 0 atom stereocenters. The van der Waals surface area contributed by atoms with Crippen LogP contribution < -0.4 is 18.9 Å². The summed E-state index contributed by atoms with van der Waals surface area (Å²) in [5.74, 6) is 0. The summed E-state index contributed by atoms with van der Waals surface area (Å²) in [6, 6.07) is 0. The molecule has 0 aromatic carbocycles. The van der Waals surface area contributed by atoms with E-state index < -0.39 is 0 Å². The fourth-order valence-corrected chi connectivity index (χ4v) is 1.30. The zero-order chi connectivity index (χ0) is 8.53. The first-order chi connectivity index (χ1) is 5.35. The van der Waals surface area contributed by atoms with E-state index in [0.29, 0.717) is 0 Å². The Hall–Kier alpha value is 0.557. The number of rotatable bonds is 7. The topological polar surface area (TPSA) is 3.24 Å². The Bertz CT molecular complexity index is 70.2. The second-order valence-electron chi connectivity index (χ2n) is 3.05. The van der Waals surface area contributed by atoms with E-state index in [-0.39, 0.29) is 18.9 Å². The Balaban J connectivity index is 0. The molecule has 68 valence electrons. The van der Waals surface area contributed by atoms with Crippen LogP contribution in [0.25, 0.3) is 0 Å². The summed E-state index contributed by atoms with van der Waals surface area (Å²) >= 11 is 0. The van der Waals surface area contributed by atoms with Crippen molar-refractivity contribution in [3.05, 3.63) is 6.92 Å². The standard InChI is InChI=1S/C10H22N.Li/c1-4-7-10-11(8-5-2)9-6-3;/h1,4-10H2,2-3H3;/q-1;+1. The molecule has 0 saturated carbocycles. The summed E-state index contributed by atoms with van der Waals surface area (Å²) in [7, 11) is 0. The van der Waals surface area contributed by atoms with Crippen LogP contribution in [0.5, 0.6) is 0 Å². The molecule has 0 amide bonds. The molecule has 0 rings (SSSR count). The Morgan fingerprint density at radius 3 is 1.83 bits per heavy atom. The third-order valence-electron chi connectivity index (χ3n) is 1.80. The van der Waals surface area contributed by atoms with Gasteiger partial charge < -0.3 is 11.8 Å². The van der Waals surface area contributed by atoms with Crippen LogP contribution in [0.15, 0.2) is 0 Å². The molecule has 0 N–H and O–H groups in total. The largest absolute Gasteiger partial charge is 1.00 e. The number of unbranched alkanes of at least 4 members (excludes halogenated alkanes) is 1. The SMILES string of the molecule is [CH2-]CCCN(CCC)CCC.[Li+]. The van der Waals surface area contributed by atoms with E-state index in [9.17, 15) is 0 Å². The van der Waals surface area contributed by atoms with Crippen LogP contribution in [0.3, 0.4) is 0 Å². The minimum Gasteiger partial charge on any atom is -0.343 e. The predicted octanol–water partition coefficient (Wildman–Crippen LogP) is -0.273. The third-order valence-corrected chi connectivity index (χ3v) is 1.80. The number of nitrogens with zero attached hydrogens (tertiary/aromatic N) is 1. The van der Waals surface area contributed by atoms with Gasteiger partial charge in [0, 0.05) is 0 Å². The molecule has 0 fully saturated rings. The first-order valence-corrected chi connectivity index (χ1v) is 4.86. The quantitative estimate of drug-likeness (QED) is 0.369. The van der Waals surface area contributed by atoms with Crippen molar-refractivity contribution in [3.63, 3.8) is 0 Å². The van der Waals surface area contributed by atoms with Gasteiger partial charge >= 0.3 is 18.9 Å². The van der Waals surface area contributed by atoms with Crippen LogP contribution in [0.4, 0.5) is 0 Å². The zero-order valence-corrected chi connectivity index (χ0v) is 9.10. The molecule has 0 unspecified atom stereocenters. The molecule has 0 aromatic rings. The third kappa shape index (κ3) is 8.65. The average Bonchev–Trinajstić information content (AvgIpc) is 2.01. The molecule has 2 heteroatoms. The summed E-state index contributed by atoms with van der Waals surface area (Å²) < 4.78 is 0. The zero-order valence-electron chi connectivity index (χ0n) is 9.10. The molecule has 0 aliphatic rings. The summed E-state index contributed by atoms with van der Waals surface area (Å²) in [5, 5.41) is 0. The molecular formula is C10H22LiN. The van der Waals surface area contributed by atoms with E-state index in [0.717, 1.165) is 6.42 Å². The van der Waals surface area contributed by atoms with Gasteiger partial charge in [0.1, 0.15) is 0 Å². The van der Waals surface area contributed by atoms with Crippen LogP contribution in [0, 0.1) is 6.92 Å². The Morgan fingerprint density at radius 1 is 1.00 bits per heavy atom. The van der Waals surface area contributed by atoms with Gasteiger partial charge in [0.25, 0.3) is 0 Å². The van der Waals surface area contributed by atoms with Gasteiger partial charge in [0.2, 0.25) is 0 Å². The summed E-state index contributed by atoms with van der Waals surface area (Å²) in [4.78, 5) is 2.53. The smallest absolute Gasteiger partial charge is 0.343 e. The van der Waals surface area contributed by atoms with E-state index in [1.54, 1.807) is 0 Å². The van der Waals surface area contributed by atoms with Gasteiger partial charge in [-0.25, -0.2) is 0 Å². The van der Waals surface area contributed by atoms with E-state index >= 15 is 0 Å². The molecule has 0 aromatic heterocycles. The maximum Gasteiger partial charge on any atom is 1.00 e. The monoisotopic (exact) mass is 163 g/mol. The fraction of sp³-hybridized carbons (Fsp3) is 0.900. The van der Waals surface area contributed by atoms with Crippen LogP contribution in [0.2, 0.25) is 0 Å². The molecule has 0 aliphatic carbocycles. The first-order valence-electron chi connectivity index (χ1n) is 4.86. The van der Waals surface area contributed by atoms with Gasteiger partial charge in [-0.2, -0.15) is 6.42 Å². The minimum atomic E-state index is 0. The second-order valence-corrected chi connectivity index (χ2v) is 3.05. The Labute approximate surface area is 90.1 Å². The number of hydrogen-bond acceptors (Lipinski definition) is 1. The van der Waals surface area contributed by atoms with Crippen molar-refractivity contribution >= 4 is 0 Å². The van der Waals surface area contributed by atoms with Crippen molar-refractivity contribution in [2.45, 2.75) is 39.5 Å². The maximum absolute atomic E-state index is 3.85. The summed E-state index contributed by atoms with van der Waals surface area (Å²) in [6.07, 6.45) is 4.87. The minimum absolute atomic E-state index is 0.